The number of amides is 1. The van der Waals surface area contributed by atoms with Gasteiger partial charge in [0, 0.05) is 43.9 Å². The lowest BCUT2D eigenvalue weighted by Gasteiger charge is -2.39. The molecule has 2 saturated heterocycles. The van der Waals surface area contributed by atoms with Crippen LogP contribution in [0.4, 0.5) is 17.6 Å². The summed E-state index contributed by atoms with van der Waals surface area (Å²) in [5, 5.41) is 0.395. The van der Waals surface area contributed by atoms with Crippen molar-refractivity contribution in [2.24, 2.45) is 5.73 Å². The number of nitrogens with zero attached hydrogens (tertiary/aromatic N) is 2. The fourth-order valence-electron chi connectivity index (χ4n) is 6.00. The van der Waals surface area contributed by atoms with Gasteiger partial charge in [-0.25, -0.2) is 4.39 Å². The van der Waals surface area contributed by atoms with Crippen molar-refractivity contribution in [2.75, 3.05) is 13.7 Å². The maximum Gasteiger partial charge on any atom is 0.573 e. The predicted molar refractivity (Wildman–Crippen MR) is 137 cm³/mol. The molecule has 0 saturated carbocycles. The molecule has 2 aromatic carbocycles. The molecule has 6 nitrogen and oxygen atoms in total. The third-order valence-corrected chi connectivity index (χ3v) is 7.56. The first-order chi connectivity index (χ1) is 17.7. The topological polar surface area (TPSA) is 69.7 Å². The van der Waals surface area contributed by atoms with Crippen LogP contribution in [0.2, 0.25) is 0 Å². The van der Waals surface area contributed by atoms with Crippen molar-refractivity contribution < 1.29 is 31.8 Å². The van der Waals surface area contributed by atoms with Crippen LogP contribution in [0.1, 0.15) is 53.1 Å². The summed E-state index contributed by atoms with van der Waals surface area (Å²) in [6, 6.07) is 9.13. The Balaban J connectivity index is 0.00000336. The number of fused-ring (bicyclic) bond motifs is 3. The number of alkyl halides is 3. The van der Waals surface area contributed by atoms with Crippen molar-refractivity contribution in [2.45, 2.75) is 63.1 Å². The molecule has 2 atom stereocenters. The predicted octanol–water partition coefficient (Wildman–Crippen LogP) is 5.76. The van der Waals surface area contributed by atoms with Gasteiger partial charge in [0.1, 0.15) is 5.82 Å². The highest BCUT2D eigenvalue weighted by Gasteiger charge is 2.45. The molecule has 1 aromatic heterocycles. The third-order valence-electron chi connectivity index (χ3n) is 7.56. The van der Waals surface area contributed by atoms with Gasteiger partial charge in [0.2, 0.25) is 0 Å². The van der Waals surface area contributed by atoms with Crippen LogP contribution in [0.25, 0.3) is 10.9 Å². The highest BCUT2D eigenvalue weighted by molar-refractivity contribution is 6.08. The number of halogens is 5. The number of methoxy groups -OCH3 is 1. The normalized spacial score (nSPS) is 21.0. The number of carbonyl (C=O) groups excluding carboxylic acids is 1. The Morgan fingerprint density at radius 2 is 1.84 bits per heavy atom. The van der Waals surface area contributed by atoms with Crippen LogP contribution in [0.3, 0.4) is 0 Å². The van der Waals surface area contributed by atoms with Gasteiger partial charge < -0.3 is 24.7 Å². The summed E-state index contributed by atoms with van der Waals surface area (Å²) in [4.78, 5) is 15.8. The Bertz CT molecular complexity index is 1300. The average molecular weight is 556 g/mol. The largest absolute Gasteiger partial charge is 0.573 e. The van der Waals surface area contributed by atoms with Gasteiger partial charge in [-0.2, -0.15) is 0 Å². The maximum atomic E-state index is 14.7. The second-order valence-electron chi connectivity index (χ2n) is 9.75. The van der Waals surface area contributed by atoms with Gasteiger partial charge in [-0.3, -0.25) is 4.79 Å². The quantitative estimate of drug-likeness (QED) is 0.377. The Morgan fingerprint density at radius 3 is 2.47 bits per heavy atom. The number of carbonyl (C=O) groups is 1. The van der Waals surface area contributed by atoms with E-state index in [9.17, 15) is 22.4 Å². The average Bonchev–Trinajstić information content (AvgIpc) is 3.36. The van der Waals surface area contributed by atoms with Crippen molar-refractivity contribution in [1.82, 2.24) is 9.47 Å². The first-order valence-electron chi connectivity index (χ1n) is 12.4. The van der Waals surface area contributed by atoms with Gasteiger partial charge >= 0.3 is 6.36 Å². The molecular weight excluding hydrogens is 526 g/mol. The first kappa shape index (κ1) is 28.2. The number of hydrogen-bond acceptors (Lipinski definition) is 4. The summed E-state index contributed by atoms with van der Waals surface area (Å²) in [5.41, 5.74) is 7.78. The molecule has 206 valence electrons. The van der Waals surface area contributed by atoms with Gasteiger partial charge in [0.15, 0.2) is 5.75 Å². The number of hydrogen-bond donors (Lipinski definition) is 1. The zero-order valence-electron chi connectivity index (χ0n) is 20.8. The van der Waals surface area contributed by atoms with Crippen molar-refractivity contribution in [1.29, 1.82) is 0 Å². The van der Waals surface area contributed by atoms with Gasteiger partial charge in [-0.1, -0.05) is 24.3 Å². The fourth-order valence-corrected chi connectivity index (χ4v) is 6.00. The SMILES string of the molecule is COCCn1cc(C(=O)N2C3CCC2CC(c2cc(CN)ccc2F)C3)c2cccc(OC(F)(F)F)c21.Cl. The summed E-state index contributed by atoms with van der Waals surface area (Å²) in [5.74, 6) is -0.882. The van der Waals surface area contributed by atoms with Crippen LogP contribution in [-0.2, 0) is 17.8 Å². The molecule has 2 N–H and O–H groups in total. The molecule has 38 heavy (non-hydrogen) atoms. The minimum absolute atomic E-state index is 0. The minimum Gasteiger partial charge on any atom is -0.404 e. The summed E-state index contributed by atoms with van der Waals surface area (Å²) >= 11 is 0. The van der Waals surface area contributed by atoms with Gasteiger partial charge in [-0.05, 0) is 54.9 Å². The summed E-state index contributed by atoms with van der Waals surface area (Å²) in [7, 11) is 1.50. The van der Waals surface area contributed by atoms with Crippen LogP contribution < -0.4 is 10.5 Å². The Hall–Kier alpha value is -2.82. The molecular formula is C27H30ClF4N3O3. The Labute approximate surface area is 224 Å². The summed E-state index contributed by atoms with van der Waals surface area (Å²) in [6.07, 6.45) is -0.432. The Kier molecular flexibility index (Phi) is 8.25. The zero-order valence-corrected chi connectivity index (χ0v) is 21.7. The molecule has 1 amide bonds. The molecule has 0 spiro atoms. The molecule has 2 aliphatic rings. The van der Waals surface area contributed by atoms with E-state index in [4.69, 9.17) is 10.5 Å². The summed E-state index contributed by atoms with van der Waals surface area (Å²) < 4.78 is 65.0. The highest BCUT2D eigenvalue weighted by atomic mass is 35.5. The number of nitrogens with two attached hydrogens (primary N) is 1. The first-order valence-corrected chi connectivity index (χ1v) is 12.4. The van der Waals surface area contributed by atoms with Crippen LogP contribution in [0.5, 0.6) is 5.75 Å². The molecule has 2 bridgehead atoms. The van der Waals surface area contributed by atoms with E-state index in [1.807, 2.05) is 11.0 Å². The number of benzene rings is 2. The molecule has 5 rings (SSSR count). The molecule has 2 aliphatic heterocycles. The van der Waals surface area contributed by atoms with E-state index in [1.165, 1.54) is 25.3 Å². The van der Waals surface area contributed by atoms with Crippen LogP contribution in [0, 0.1) is 5.82 Å². The number of rotatable bonds is 7. The summed E-state index contributed by atoms with van der Waals surface area (Å²) in [6.45, 7) is 0.830. The van der Waals surface area contributed by atoms with Crippen LogP contribution in [-0.4, -0.2) is 47.5 Å². The van der Waals surface area contributed by atoms with E-state index in [-0.39, 0.29) is 66.6 Å². The van der Waals surface area contributed by atoms with E-state index in [0.29, 0.717) is 35.9 Å². The van der Waals surface area contributed by atoms with Crippen molar-refractivity contribution in [3.05, 3.63) is 65.1 Å². The van der Waals surface area contributed by atoms with Crippen LogP contribution in [0.15, 0.2) is 42.6 Å². The molecule has 11 heteroatoms. The molecule has 0 radical (unpaired) electrons. The Morgan fingerprint density at radius 1 is 1.13 bits per heavy atom. The van der Waals surface area contributed by atoms with Crippen LogP contribution >= 0.6 is 12.4 Å². The maximum absolute atomic E-state index is 14.7. The molecule has 3 aromatic rings. The van der Waals surface area contributed by atoms with E-state index in [0.717, 1.165) is 18.4 Å². The highest BCUT2D eigenvalue weighted by Crippen LogP contribution is 2.45. The van der Waals surface area contributed by atoms with Gasteiger partial charge in [0.05, 0.1) is 17.7 Å². The number of para-hydroxylation sites is 1. The lowest BCUT2D eigenvalue weighted by Crippen LogP contribution is -2.46. The molecule has 2 fully saturated rings. The number of ether oxygens (including phenoxy) is 2. The van der Waals surface area contributed by atoms with Crippen molar-refractivity contribution in [3.8, 4) is 5.75 Å². The standard InChI is InChI=1S/C27H29F4N3O3.ClH/c1-36-10-9-33-15-22(20-3-2-4-24(25(20)33)37-27(29,30)31)26(35)34-18-6-7-19(34)13-17(12-18)21-11-16(14-32)5-8-23(21)28;/h2-5,8,11,15,17-19H,6-7,9-10,12-14,32H2,1H3;1H. The second-order valence-corrected chi connectivity index (χ2v) is 9.75. The number of aromatic nitrogens is 1. The smallest absolute Gasteiger partial charge is 0.404 e. The molecule has 3 heterocycles. The minimum atomic E-state index is -4.87. The monoisotopic (exact) mass is 555 g/mol. The third kappa shape index (κ3) is 5.34. The zero-order chi connectivity index (χ0) is 26.3. The van der Waals surface area contributed by atoms with E-state index < -0.39 is 6.36 Å². The second kappa shape index (κ2) is 11.1. The van der Waals surface area contributed by atoms with Gasteiger partial charge in [0.25, 0.3) is 5.91 Å². The number of piperidine rings is 1. The van der Waals surface area contributed by atoms with E-state index in [2.05, 4.69) is 4.74 Å². The van der Waals surface area contributed by atoms with E-state index in [1.54, 1.807) is 22.9 Å². The molecule has 2 unspecified atom stereocenters. The van der Waals surface area contributed by atoms with Gasteiger partial charge in [-0.15, -0.1) is 25.6 Å². The lowest BCUT2D eigenvalue weighted by molar-refractivity contribution is -0.274. The van der Waals surface area contributed by atoms with Crippen molar-refractivity contribution in [3.63, 3.8) is 0 Å². The fraction of sp³-hybridized carbons (Fsp3) is 0.444. The van der Waals surface area contributed by atoms with Crippen molar-refractivity contribution >= 4 is 29.2 Å². The lowest BCUT2D eigenvalue weighted by atomic mass is 9.84. The molecule has 0 aliphatic carbocycles. The van der Waals surface area contributed by atoms with E-state index >= 15 is 0 Å².